The third kappa shape index (κ3) is 14.1. The van der Waals surface area contributed by atoms with Gasteiger partial charge in [0.25, 0.3) is 20.2 Å². The lowest BCUT2D eigenvalue weighted by atomic mass is 10.2. The van der Waals surface area contributed by atoms with Crippen molar-refractivity contribution in [3.8, 4) is 0 Å². The van der Waals surface area contributed by atoms with Gasteiger partial charge in [-0.3, -0.25) is 9.11 Å². The van der Waals surface area contributed by atoms with Crippen molar-refractivity contribution in [3.05, 3.63) is 0 Å². The molecule has 0 radical (unpaired) electrons. The molecule has 0 spiro atoms. The van der Waals surface area contributed by atoms with Gasteiger partial charge in [-0.15, -0.1) is 0 Å². The van der Waals surface area contributed by atoms with Crippen LogP contribution in [0.2, 0.25) is 0 Å². The molecular weight excluding hydrogens is 368 g/mol. The van der Waals surface area contributed by atoms with Gasteiger partial charge in [-0.2, -0.15) is 16.8 Å². The molecule has 0 aromatic carbocycles. The molecule has 0 saturated heterocycles. The highest BCUT2D eigenvalue weighted by Crippen LogP contribution is 2.37. The standard InChI is InChI=1S/C12H26O6S4/c1-3-11(7-5-9-21(13,14)15)19-20-12(4-2)8-6-10-22(16,17)18/h11-12H,3-10H2,1-2H3,(H,13,14,15)(H,16,17,18). The minimum atomic E-state index is -3.89. The highest BCUT2D eigenvalue weighted by molar-refractivity contribution is 8.77. The van der Waals surface area contributed by atoms with Crippen molar-refractivity contribution >= 4 is 41.8 Å². The first kappa shape index (κ1) is 22.5. The molecule has 0 aliphatic carbocycles. The van der Waals surface area contributed by atoms with E-state index in [4.69, 9.17) is 9.11 Å². The molecule has 0 bridgehead atoms. The maximum atomic E-state index is 10.7. The molecular formula is C12H26O6S4. The summed E-state index contributed by atoms with van der Waals surface area (Å²) in [7, 11) is -4.39. The lowest BCUT2D eigenvalue weighted by Crippen LogP contribution is -2.09. The van der Waals surface area contributed by atoms with Crippen LogP contribution in [0.5, 0.6) is 0 Å². The van der Waals surface area contributed by atoms with Gasteiger partial charge in [0, 0.05) is 10.5 Å². The molecule has 0 aliphatic rings. The van der Waals surface area contributed by atoms with E-state index in [0.717, 1.165) is 25.7 Å². The SMILES string of the molecule is CCC(CCCS(=O)(=O)O)SSC(CC)CCCS(=O)(=O)O. The van der Waals surface area contributed by atoms with Crippen LogP contribution in [0.25, 0.3) is 0 Å². The number of rotatable bonds is 13. The normalized spacial score (nSPS) is 15.6. The van der Waals surface area contributed by atoms with Crippen LogP contribution in [-0.4, -0.2) is 47.9 Å². The minimum Gasteiger partial charge on any atom is -0.286 e. The summed E-state index contributed by atoms with van der Waals surface area (Å²) in [5.41, 5.74) is 0. The van der Waals surface area contributed by atoms with E-state index in [9.17, 15) is 16.8 Å². The zero-order chi connectivity index (χ0) is 17.2. The average Bonchev–Trinajstić information content (AvgIpc) is 2.37. The Morgan fingerprint density at radius 1 is 0.773 bits per heavy atom. The monoisotopic (exact) mass is 394 g/mol. The van der Waals surface area contributed by atoms with Crippen molar-refractivity contribution in [3.63, 3.8) is 0 Å². The Labute approximate surface area is 142 Å². The van der Waals surface area contributed by atoms with Crippen molar-refractivity contribution in [2.24, 2.45) is 0 Å². The molecule has 6 nitrogen and oxygen atoms in total. The van der Waals surface area contributed by atoms with Crippen LogP contribution in [0.15, 0.2) is 0 Å². The maximum absolute atomic E-state index is 10.7. The van der Waals surface area contributed by atoms with Crippen LogP contribution >= 0.6 is 21.6 Å². The molecule has 2 atom stereocenters. The Balaban J connectivity index is 4.06. The summed E-state index contributed by atoms with van der Waals surface area (Å²) in [5, 5.41) is 0.616. The highest BCUT2D eigenvalue weighted by atomic mass is 33.1. The molecule has 0 rings (SSSR count). The second-order valence-electron chi connectivity index (χ2n) is 5.11. The Bertz CT molecular complexity index is 442. The summed E-state index contributed by atoms with van der Waals surface area (Å²) in [6.07, 6.45) is 4.12. The van der Waals surface area contributed by atoms with E-state index in [1.165, 1.54) is 0 Å². The molecule has 134 valence electrons. The molecule has 0 aromatic rings. The zero-order valence-corrected chi connectivity index (χ0v) is 16.2. The molecule has 0 fully saturated rings. The zero-order valence-electron chi connectivity index (χ0n) is 13.0. The molecule has 0 saturated carbocycles. The Morgan fingerprint density at radius 2 is 1.09 bits per heavy atom. The van der Waals surface area contributed by atoms with Crippen molar-refractivity contribution in [2.75, 3.05) is 11.5 Å². The van der Waals surface area contributed by atoms with Gasteiger partial charge in [-0.25, -0.2) is 0 Å². The summed E-state index contributed by atoms with van der Waals surface area (Å²) in [4.78, 5) is 0. The van der Waals surface area contributed by atoms with Crippen LogP contribution < -0.4 is 0 Å². The van der Waals surface area contributed by atoms with Crippen molar-refractivity contribution in [1.29, 1.82) is 0 Å². The highest BCUT2D eigenvalue weighted by Gasteiger charge is 2.15. The second-order valence-corrected chi connectivity index (χ2v) is 11.1. The van der Waals surface area contributed by atoms with Crippen LogP contribution in [0, 0.1) is 0 Å². The van der Waals surface area contributed by atoms with Crippen molar-refractivity contribution < 1.29 is 25.9 Å². The number of hydrogen-bond acceptors (Lipinski definition) is 6. The number of hydrogen-bond donors (Lipinski definition) is 2. The second kappa shape index (κ2) is 11.1. The molecule has 2 N–H and O–H groups in total. The molecule has 0 amide bonds. The van der Waals surface area contributed by atoms with Crippen LogP contribution in [0.3, 0.4) is 0 Å². The summed E-state index contributed by atoms with van der Waals surface area (Å²) in [6.45, 7) is 4.07. The lowest BCUT2D eigenvalue weighted by Gasteiger charge is -2.18. The van der Waals surface area contributed by atoms with E-state index in [0.29, 0.717) is 23.3 Å². The topological polar surface area (TPSA) is 109 Å². The van der Waals surface area contributed by atoms with Crippen LogP contribution in [0.1, 0.15) is 52.4 Å². The molecule has 2 unspecified atom stereocenters. The van der Waals surface area contributed by atoms with E-state index in [1.54, 1.807) is 21.6 Å². The van der Waals surface area contributed by atoms with Gasteiger partial charge in [0.1, 0.15) is 0 Å². The quantitative estimate of drug-likeness (QED) is 0.362. The molecule has 10 heteroatoms. The van der Waals surface area contributed by atoms with E-state index < -0.39 is 20.2 Å². The van der Waals surface area contributed by atoms with Crippen molar-refractivity contribution in [1.82, 2.24) is 0 Å². The average molecular weight is 395 g/mol. The summed E-state index contributed by atoms with van der Waals surface area (Å²) in [5.74, 6) is -0.416. The molecule has 0 heterocycles. The van der Waals surface area contributed by atoms with Crippen molar-refractivity contribution in [2.45, 2.75) is 62.9 Å². The molecule has 22 heavy (non-hydrogen) atoms. The predicted octanol–water partition coefficient (Wildman–Crippen LogP) is 3.26. The third-order valence-corrected chi connectivity index (χ3v) is 8.46. The summed E-state index contributed by atoms with van der Waals surface area (Å²) < 4.78 is 60.2. The van der Waals surface area contributed by atoms with E-state index in [2.05, 4.69) is 0 Å². The summed E-state index contributed by atoms with van der Waals surface area (Å²) in [6, 6.07) is 0. The lowest BCUT2D eigenvalue weighted by molar-refractivity contribution is 0.477. The van der Waals surface area contributed by atoms with Gasteiger partial charge >= 0.3 is 0 Å². The predicted molar refractivity (Wildman–Crippen MR) is 94.6 cm³/mol. The first-order valence-corrected chi connectivity index (χ1v) is 12.8. The van der Waals surface area contributed by atoms with Gasteiger partial charge in [0.2, 0.25) is 0 Å². The van der Waals surface area contributed by atoms with Crippen LogP contribution in [-0.2, 0) is 20.2 Å². The minimum absolute atomic E-state index is 0.208. The van der Waals surface area contributed by atoms with E-state index >= 15 is 0 Å². The van der Waals surface area contributed by atoms with Gasteiger partial charge in [-0.1, -0.05) is 35.4 Å². The fourth-order valence-corrected chi connectivity index (χ4v) is 6.30. The smallest absolute Gasteiger partial charge is 0.264 e. The van der Waals surface area contributed by atoms with Crippen LogP contribution in [0.4, 0.5) is 0 Å². The van der Waals surface area contributed by atoms with Gasteiger partial charge < -0.3 is 0 Å². The fourth-order valence-electron chi connectivity index (χ4n) is 1.78. The first-order valence-electron chi connectivity index (χ1n) is 7.29. The van der Waals surface area contributed by atoms with E-state index in [-0.39, 0.29) is 11.5 Å². The van der Waals surface area contributed by atoms with E-state index in [1.807, 2.05) is 13.8 Å². The van der Waals surface area contributed by atoms with Gasteiger partial charge in [-0.05, 0) is 38.5 Å². The third-order valence-electron chi connectivity index (χ3n) is 3.10. The Kier molecular flexibility index (Phi) is 11.4. The Morgan fingerprint density at radius 3 is 1.32 bits per heavy atom. The summed E-state index contributed by atoms with van der Waals surface area (Å²) >= 11 is 0. The maximum Gasteiger partial charge on any atom is 0.264 e. The first-order chi connectivity index (χ1) is 10.1. The molecule has 0 aliphatic heterocycles. The fraction of sp³-hybridized carbons (Fsp3) is 1.00. The largest absolute Gasteiger partial charge is 0.286 e. The van der Waals surface area contributed by atoms with Gasteiger partial charge in [0.05, 0.1) is 11.5 Å². The van der Waals surface area contributed by atoms with Gasteiger partial charge in [0.15, 0.2) is 0 Å². The Hall–Kier alpha value is 0.520. The molecule has 0 aromatic heterocycles.